The van der Waals surface area contributed by atoms with Gasteiger partial charge in [0.05, 0.1) is 22.8 Å². The Morgan fingerprint density at radius 1 is 0.900 bits per heavy atom. The molecule has 0 saturated carbocycles. The number of benzene rings is 1. The third kappa shape index (κ3) is 2.56. The molecular weight excluding hydrogens is 383 g/mol. The number of imidazole rings is 1. The fourth-order valence-corrected chi connectivity index (χ4v) is 3.52. The SMILES string of the molecule is Fc1ccc(-c2nccc3[nH]c(-c4[nH]nc5ncc(-c6cn[nH]c6)cc45)nc23)cc1. The predicted octanol–water partition coefficient (Wildman–Crippen LogP) is 4.09. The fraction of sp³-hybridized carbons (Fsp3) is 0. The third-order valence-electron chi connectivity index (χ3n) is 5.00. The molecule has 0 radical (unpaired) electrons. The summed E-state index contributed by atoms with van der Waals surface area (Å²) in [5, 5.41) is 15.0. The van der Waals surface area contributed by atoms with Gasteiger partial charge in [0.15, 0.2) is 11.5 Å². The van der Waals surface area contributed by atoms with Crippen LogP contribution in [-0.4, -0.2) is 40.3 Å². The van der Waals surface area contributed by atoms with E-state index in [1.165, 1.54) is 12.1 Å². The lowest BCUT2D eigenvalue weighted by Crippen LogP contribution is -1.86. The Balaban J connectivity index is 1.52. The first-order chi connectivity index (χ1) is 14.8. The summed E-state index contributed by atoms with van der Waals surface area (Å²) in [4.78, 5) is 17.0. The van der Waals surface area contributed by atoms with E-state index in [1.54, 1.807) is 30.7 Å². The molecule has 0 saturated heterocycles. The quantitative estimate of drug-likeness (QED) is 0.417. The summed E-state index contributed by atoms with van der Waals surface area (Å²) in [6.07, 6.45) is 7.01. The van der Waals surface area contributed by atoms with Gasteiger partial charge in [0, 0.05) is 35.3 Å². The first-order valence-corrected chi connectivity index (χ1v) is 9.20. The average molecular weight is 396 g/mol. The largest absolute Gasteiger partial charge is 0.337 e. The second-order valence-corrected chi connectivity index (χ2v) is 6.83. The van der Waals surface area contributed by atoms with Crippen molar-refractivity contribution in [2.45, 2.75) is 0 Å². The van der Waals surface area contributed by atoms with Crippen molar-refractivity contribution in [1.29, 1.82) is 0 Å². The predicted molar refractivity (Wildman–Crippen MR) is 110 cm³/mol. The van der Waals surface area contributed by atoms with Gasteiger partial charge in [0.1, 0.15) is 17.0 Å². The van der Waals surface area contributed by atoms with Gasteiger partial charge in [0.25, 0.3) is 0 Å². The summed E-state index contributed by atoms with van der Waals surface area (Å²) >= 11 is 0. The minimum absolute atomic E-state index is 0.293. The van der Waals surface area contributed by atoms with Crippen LogP contribution in [0, 0.1) is 5.82 Å². The number of pyridine rings is 2. The van der Waals surface area contributed by atoms with Crippen molar-refractivity contribution in [2.24, 2.45) is 0 Å². The molecule has 0 fully saturated rings. The van der Waals surface area contributed by atoms with Crippen molar-refractivity contribution in [3.05, 3.63) is 67.0 Å². The second kappa shape index (κ2) is 6.31. The van der Waals surface area contributed by atoms with E-state index in [9.17, 15) is 4.39 Å². The molecule has 1 aromatic carbocycles. The van der Waals surface area contributed by atoms with Crippen LogP contribution in [0.4, 0.5) is 4.39 Å². The van der Waals surface area contributed by atoms with E-state index >= 15 is 0 Å². The van der Waals surface area contributed by atoms with E-state index in [0.717, 1.165) is 33.3 Å². The van der Waals surface area contributed by atoms with E-state index in [0.29, 0.717) is 22.7 Å². The fourth-order valence-electron chi connectivity index (χ4n) is 3.52. The highest BCUT2D eigenvalue weighted by molar-refractivity contribution is 5.96. The van der Waals surface area contributed by atoms with Crippen molar-refractivity contribution in [2.75, 3.05) is 0 Å². The molecule has 3 N–H and O–H groups in total. The maximum atomic E-state index is 13.3. The number of nitrogens with one attached hydrogen (secondary N) is 3. The van der Waals surface area contributed by atoms with E-state index in [2.05, 4.69) is 35.3 Å². The zero-order chi connectivity index (χ0) is 20.1. The van der Waals surface area contributed by atoms with E-state index in [1.807, 2.05) is 18.3 Å². The molecule has 0 aliphatic carbocycles. The molecule has 5 heterocycles. The van der Waals surface area contributed by atoms with Crippen LogP contribution >= 0.6 is 0 Å². The van der Waals surface area contributed by atoms with Crippen LogP contribution in [0.1, 0.15) is 0 Å². The lowest BCUT2D eigenvalue weighted by molar-refractivity contribution is 0.628. The Morgan fingerprint density at radius 3 is 2.63 bits per heavy atom. The molecule has 8 nitrogen and oxygen atoms in total. The lowest BCUT2D eigenvalue weighted by atomic mass is 10.1. The summed E-state index contributed by atoms with van der Waals surface area (Å²) in [5.74, 6) is 0.327. The van der Waals surface area contributed by atoms with Gasteiger partial charge in [-0.15, -0.1) is 0 Å². The molecule has 0 unspecified atom stereocenters. The summed E-state index contributed by atoms with van der Waals surface area (Å²) < 4.78 is 13.3. The highest BCUT2D eigenvalue weighted by atomic mass is 19.1. The highest BCUT2D eigenvalue weighted by Gasteiger charge is 2.16. The topological polar surface area (TPSA) is 112 Å². The molecule has 0 amide bonds. The number of nitrogens with zero attached hydrogens (tertiary/aromatic N) is 5. The van der Waals surface area contributed by atoms with Crippen molar-refractivity contribution < 1.29 is 4.39 Å². The Hall–Kier alpha value is -4.40. The Kier molecular flexibility index (Phi) is 3.48. The average Bonchev–Trinajstić information content (AvgIpc) is 3.52. The molecule has 0 atom stereocenters. The summed E-state index contributed by atoms with van der Waals surface area (Å²) in [6.45, 7) is 0. The van der Waals surface area contributed by atoms with Crippen molar-refractivity contribution in [3.8, 4) is 33.9 Å². The maximum absolute atomic E-state index is 13.3. The van der Waals surface area contributed by atoms with Gasteiger partial charge in [-0.3, -0.25) is 15.2 Å². The van der Waals surface area contributed by atoms with Crippen LogP contribution in [-0.2, 0) is 0 Å². The van der Waals surface area contributed by atoms with Crippen LogP contribution in [0.25, 0.3) is 56.0 Å². The number of fused-ring (bicyclic) bond motifs is 2. The normalized spacial score (nSPS) is 11.5. The third-order valence-corrected chi connectivity index (χ3v) is 5.00. The highest BCUT2D eigenvalue weighted by Crippen LogP contribution is 2.31. The van der Waals surface area contributed by atoms with Crippen LogP contribution < -0.4 is 0 Å². The Labute approximate surface area is 168 Å². The lowest BCUT2D eigenvalue weighted by Gasteiger charge is -2.01. The minimum Gasteiger partial charge on any atom is -0.337 e. The zero-order valence-electron chi connectivity index (χ0n) is 15.4. The standard InChI is InChI=1S/C21H13FN8/c22-14-3-1-11(2-4-14)17-19-16(5-6-23-17)27-21(28-19)18-15-7-12(13-9-25-26-10-13)8-24-20(15)30-29-18/h1-10H,(H,25,26)(H,27,28)(H,24,29,30). The van der Waals surface area contributed by atoms with Crippen LogP contribution in [0.2, 0.25) is 0 Å². The smallest absolute Gasteiger partial charge is 0.181 e. The molecule has 6 aromatic rings. The molecule has 144 valence electrons. The van der Waals surface area contributed by atoms with Gasteiger partial charge in [0.2, 0.25) is 0 Å². The van der Waals surface area contributed by atoms with Gasteiger partial charge in [-0.1, -0.05) is 0 Å². The Morgan fingerprint density at radius 2 is 1.80 bits per heavy atom. The van der Waals surface area contributed by atoms with Gasteiger partial charge in [-0.25, -0.2) is 14.4 Å². The molecule has 6 rings (SSSR count). The maximum Gasteiger partial charge on any atom is 0.181 e. The number of H-pyrrole nitrogens is 3. The molecule has 30 heavy (non-hydrogen) atoms. The molecule has 9 heteroatoms. The molecule has 0 aliphatic rings. The monoisotopic (exact) mass is 396 g/mol. The summed E-state index contributed by atoms with van der Waals surface area (Å²) in [7, 11) is 0. The number of aromatic nitrogens is 8. The molecular formula is C21H13FN8. The van der Waals surface area contributed by atoms with Crippen LogP contribution in [0.5, 0.6) is 0 Å². The number of hydrogen-bond donors (Lipinski definition) is 3. The van der Waals surface area contributed by atoms with Crippen molar-refractivity contribution in [1.82, 2.24) is 40.3 Å². The van der Waals surface area contributed by atoms with Crippen molar-refractivity contribution in [3.63, 3.8) is 0 Å². The van der Waals surface area contributed by atoms with Gasteiger partial charge < -0.3 is 4.98 Å². The van der Waals surface area contributed by atoms with Crippen LogP contribution in [0.3, 0.4) is 0 Å². The zero-order valence-corrected chi connectivity index (χ0v) is 15.4. The minimum atomic E-state index is -0.293. The first kappa shape index (κ1) is 16.5. The number of hydrogen-bond acceptors (Lipinski definition) is 5. The second-order valence-electron chi connectivity index (χ2n) is 6.83. The number of halogens is 1. The van der Waals surface area contributed by atoms with Crippen molar-refractivity contribution >= 4 is 22.1 Å². The molecule has 0 bridgehead atoms. The molecule has 0 spiro atoms. The van der Waals surface area contributed by atoms with Gasteiger partial charge in [-0.05, 0) is 36.4 Å². The summed E-state index contributed by atoms with van der Waals surface area (Å²) in [6, 6.07) is 10.1. The number of aromatic amines is 3. The molecule has 0 aliphatic heterocycles. The van der Waals surface area contributed by atoms with Gasteiger partial charge in [-0.2, -0.15) is 10.2 Å². The van der Waals surface area contributed by atoms with Gasteiger partial charge >= 0.3 is 0 Å². The van der Waals surface area contributed by atoms with Crippen LogP contribution in [0.15, 0.2) is 61.2 Å². The van der Waals surface area contributed by atoms with E-state index in [4.69, 9.17) is 4.98 Å². The van der Waals surface area contributed by atoms with E-state index < -0.39 is 0 Å². The summed E-state index contributed by atoms with van der Waals surface area (Å²) in [5.41, 5.74) is 6.16. The Bertz CT molecular complexity index is 1500. The number of rotatable bonds is 3. The van der Waals surface area contributed by atoms with E-state index in [-0.39, 0.29) is 5.82 Å². The molecule has 5 aromatic heterocycles. The first-order valence-electron chi connectivity index (χ1n) is 9.20.